The fraction of sp³-hybridized carbons (Fsp3) is 0.462. The molecule has 1 aromatic carbocycles. The van der Waals surface area contributed by atoms with Crippen molar-refractivity contribution in [1.82, 2.24) is 5.32 Å². The molecule has 0 spiro atoms. The first kappa shape index (κ1) is 14.3. The lowest BCUT2D eigenvalue weighted by molar-refractivity contribution is -0.124. The van der Waals surface area contributed by atoms with Crippen LogP contribution in [-0.2, 0) is 4.79 Å². The molecule has 0 saturated carbocycles. The van der Waals surface area contributed by atoms with E-state index in [0.717, 1.165) is 0 Å². The summed E-state index contributed by atoms with van der Waals surface area (Å²) in [7, 11) is 0. The van der Waals surface area contributed by atoms with E-state index in [9.17, 15) is 9.18 Å². The summed E-state index contributed by atoms with van der Waals surface area (Å²) in [5, 5.41) is 2.76. The predicted molar refractivity (Wildman–Crippen MR) is 68.8 cm³/mol. The third kappa shape index (κ3) is 3.91. The molecule has 0 saturated heterocycles. The number of nitrogens with two attached hydrogens (primary N) is 1. The molecule has 1 rings (SSSR count). The van der Waals surface area contributed by atoms with Crippen LogP contribution in [0.2, 0.25) is 0 Å². The van der Waals surface area contributed by atoms with Gasteiger partial charge in [-0.3, -0.25) is 4.79 Å². The minimum absolute atomic E-state index is 0.0408. The fourth-order valence-corrected chi connectivity index (χ4v) is 1.28. The minimum Gasteiger partial charge on any atom is -0.479 e. The Morgan fingerprint density at radius 1 is 1.44 bits per heavy atom. The topological polar surface area (TPSA) is 64.3 Å². The normalized spacial score (nSPS) is 12.3. The number of halogens is 1. The minimum atomic E-state index is -0.570. The summed E-state index contributed by atoms with van der Waals surface area (Å²) in [5.74, 6) is -0.615. The number of amides is 1. The van der Waals surface area contributed by atoms with Crippen LogP contribution in [0.3, 0.4) is 0 Å². The molecule has 0 aromatic heterocycles. The summed E-state index contributed by atoms with van der Waals surface area (Å²) in [4.78, 5) is 11.6. The van der Waals surface area contributed by atoms with Crippen molar-refractivity contribution in [3.05, 3.63) is 24.0 Å². The molecule has 0 aliphatic carbocycles. The van der Waals surface area contributed by atoms with Gasteiger partial charge in [0.05, 0.1) is 5.69 Å². The smallest absolute Gasteiger partial charge is 0.258 e. The van der Waals surface area contributed by atoms with E-state index in [2.05, 4.69) is 5.32 Å². The highest BCUT2D eigenvalue weighted by molar-refractivity contribution is 5.78. The first-order valence-electron chi connectivity index (χ1n) is 5.88. The highest BCUT2D eigenvalue weighted by Crippen LogP contribution is 2.24. The number of nitrogens with one attached hydrogen (secondary N) is 1. The number of carbonyl (C=O) groups is 1. The van der Waals surface area contributed by atoms with E-state index >= 15 is 0 Å². The molecule has 5 heteroatoms. The van der Waals surface area contributed by atoms with Crippen LogP contribution in [0.1, 0.15) is 20.8 Å². The van der Waals surface area contributed by atoms with Crippen molar-refractivity contribution in [2.24, 2.45) is 5.92 Å². The van der Waals surface area contributed by atoms with Crippen LogP contribution < -0.4 is 15.8 Å². The second-order valence-corrected chi connectivity index (χ2v) is 4.55. The van der Waals surface area contributed by atoms with Gasteiger partial charge in [-0.15, -0.1) is 0 Å². The largest absolute Gasteiger partial charge is 0.479 e. The zero-order valence-electron chi connectivity index (χ0n) is 10.9. The molecular formula is C13H19FN2O2. The van der Waals surface area contributed by atoms with Crippen LogP contribution in [0.15, 0.2) is 18.2 Å². The van der Waals surface area contributed by atoms with E-state index in [4.69, 9.17) is 10.5 Å². The zero-order chi connectivity index (χ0) is 13.7. The number of hydrogen-bond donors (Lipinski definition) is 2. The molecular weight excluding hydrogens is 235 g/mol. The maximum Gasteiger partial charge on any atom is 0.258 e. The first-order chi connectivity index (χ1) is 8.41. The highest BCUT2D eigenvalue weighted by Gasteiger charge is 2.13. The maximum atomic E-state index is 13.4. The Morgan fingerprint density at radius 2 is 2.11 bits per heavy atom. The fourth-order valence-electron chi connectivity index (χ4n) is 1.28. The van der Waals surface area contributed by atoms with Gasteiger partial charge in [-0.25, -0.2) is 4.39 Å². The number of para-hydroxylation sites is 1. The molecule has 1 unspecified atom stereocenters. The second kappa shape index (κ2) is 6.23. The van der Waals surface area contributed by atoms with E-state index in [1.807, 2.05) is 20.8 Å². The van der Waals surface area contributed by atoms with Crippen molar-refractivity contribution in [3.63, 3.8) is 0 Å². The average molecular weight is 254 g/mol. The summed E-state index contributed by atoms with van der Waals surface area (Å²) < 4.78 is 18.5. The molecule has 0 aliphatic heterocycles. The van der Waals surface area contributed by atoms with Crippen LogP contribution in [0.25, 0.3) is 0 Å². The first-order valence-corrected chi connectivity index (χ1v) is 5.88. The van der Waals surface area contributed by atoms with Crippen molar-refractivity contribution in [2.75, 3.05) is 12.3 Å². The molecule has 0 fully saturated rings. The molecule has 1 aromatic rings. The number of benzene rings is 1. The van der Waals surface area contributed by atoms with Crippen molar-refractivity contribution in [3.8, 4) is 5.75 Å². The molecule has 0 heterocycles. The van der Waals surface area contributed by atoms with E-state index in [0.29, 0.717) is 5.92 Å². The van der Waals surface area contributed by atoms with Gasteiger partial charge in [0.15, 0.2) is 18.2 Å². The van der Waals surface area contributed by atoms with Gasteiger partial charge < -0.3 is 15.8 Å². The van der Waals surface area contributed by atoms with E-state index in [1.165, 1.54) is 18.2 Å². The van der Waals surface area contributed by atoms with Gasteiger partial charge in [0.1, 0.15) is 0 Å². The van der Waals surface area contributed by atoms with Crippen LogP contribution in [0.4, 0.5) is 10.1 Å². The van der Waals surface area contributed by atoms with Crippen LogP contribution in [0, 0.1) is 11.7 Å². The van der Waals surface area contributed by atoms with Gasteiger partial charge in [0.25, 0.3) is 5.91 Å². The van der Waals surface area contributed by atoms with Crippen molar-refractivity contribution < 1.29 is 13.9 Å². The monoisotopic (exact) mass is 254 g/mol. The standard InChI is InChI=1S/C13H19FN2O2/c1-8(2)9(3)16-12(17)7-18-13-10(14)5-4-6-11(13)15/h4-6,8-9H,7,15H2,1-3H3,(H,16,17). The van der Waals surface area contributed by atoms with Gasteiger partial charge in [-0.05, 0) is 25.0 Å². The number of nitrogen functional groups attached to an aromatic ring is 1. The Morgan fingerprint density at radius 3 is 2.67 bits per heavy atom. The number of rotatable bonds is 5. The molecule has 3 N–H and O–H groups in total. The van der Waals surface area contributed by atoms with Crippen LogP contribution in [-0.4, -0.2) is 18.6 Å². The van der Waals surface area contributed by atoms with Crippen molar-refractivity contribution >= 4 is 11.6 Å². The van der Waals surface area contributed by atoms with E-state index in [1.54, 1.807) is 0 Å². The summed E-state index contributed by atoms with van der Waals surface area (Å²) in [6.45, 7) is 5.66. The predicted octanol–water partition coefficient (Wildman–Crippen LogP) is 1.95. The highest BCUT2D eigenvalue weighted by atomic mass is 19.1. The quantitative estimate of drug-likeness (QED) is 0.789. The van der Waals surface area contributed by atoms with Gasteiger partial charge in [-0.2, -0.15) is 0 Å². The lowest BCUT2D eigenvalue weighted by Crippen LogP contribution is -2.39. The van der Waals surface area contributed by atoms with E-state index in [-0.39, 0.29) is 30.0 Å². The summed E-state index contributed by atoms with van der Waals surface area (Å²) in [6.07, 6.45) is 0. The van der Waals surface area contributed by atoms with Gasteiger partial charge in [0, 0.05) is 6.04 Å². The molecule has 4 nitrogen and oxygen atoms in total. The molecule has 1 amide bonds. The number of anilines is 1. The van der Waals surface area contributed by atoms with Crippen molar-refractivity contribution in [2.45, 2.75) is 26.8 Å². The Bertz CT molecular complexity index is 401. The third-order valence-corrected chi connectivity index (χ3v) is 2.73. The summed E-state index contributed by atoms with van der Waals surface area (Å²) >= 11 is 0. The maximum absolute atomic E-state index is 13.4. The molecule has 18 heavy (non-hydrogen) atoms. The Labute approximate surface area is 106 Å². The lowest BCUT2D eigenvalue weighted by atomic mass is 10.1. The SMILES string of the molecule is CC(C)C(C)NC(=O)COc1c(N)cccc1F. The second-order valence-electron chi connectivity index (χ2n) is 4.55. The van der Waals surface area contributed by atoms with Gasteiger partial charge in [-0.1, -0.05) is 19.9 Å². The van der Waals surface area contributed by atoms with Crippen LogP contribution >= 0.6 is 0 Å². The summed E-state index contributed by atoms with van der Waals surface area (Å²) in [6, 6.07) is 4.28. The molecule has 0 bridgehead atoms. The number of carbonyl (C=O) groups excluding carboxylic acids is 1. The number of hydrogen-bond acceptors (Lipinski definition) is 3. The molecule has 100 valence electrons. The van der Waals surface area contributed by atoms with Crippen molar-refractivity contribution in [1.29, 1.82) is 0 Å². The molecule has 0 aliphatic rings. The van der Waals surface area contributed by atoms with Gasteiger partial charge >= 0.3 is 0 Å². The zero-order valence-corrected chi connectivity index (χ0v) is 10.9. The lowest BCUT2D eigenvalue weighted by Gasteiger charge is -2.17. The van der Waals surface area contributed by atoms with E-state index < -0.39 is 5.82 Å². The third-order valence-electron chi connectivity index (χ3n) is 2.73. The van der Waals surface area contributed by atoms with Gasteiger partial charge in [0.2, 0.25) is 0 Å². The number of ether oxygens (including phenoxy) is 1. The summed E-state index contributed by atoms with van der Waals surface area (Å²) in [5.41, 5.74) is 5.74. The average Bonchev–Trinajstić information content (AvgIpc) is 2.28. The van der Waals surface area contributed by atoms with Crippen LogP contribution in [0.5, 0.6) is 5.75 Å². The Balaban J connectivity index is 2.53. The Hall–Kier alpha value is -1.78. The Kier molecular flexibility index (Phi) is 4.95. The molecule has 1 atom stereocenters. The molecule has 0 radical (unpaired) electrons.